The van der Waals surface area contributed by atoms with E-state index in [1.54, 1.807) is 31.2 Å². The number of hydrogen-bond donors (Lipinski definition) is 1. The Morgan fingerprint density at radius 2 is 1.68 bits per heavy atom. The molecule has 3 aromatic rings. The second-order valence-corrected chi connectivity index (χ2v) is 7.92. The van der Waals surface area contributed by atoms with E-state index >= 15 is 0 Å². The molecule has 0 aliphatic carbocycles. The van der Waals surface area contributed by atoms with Gasteiger partial charge in [0.2, 0.25) is 11.8 Å². The first-order valence-electron chi connectivity index (χ1n) is 8.82. The van der Waals surface area contributed by atoms with Crippen LogP contribution in [0, 0.1) is 13.8 Å². The molecule has 0 saturated heterocycles. The van der Waals surface area contributed by atoms with Crippen molar-refractivity contribution in [2.75, 3.05) is 5.32 Å². The molecule has 7 heteroatoms. The number of Topliss-reactive ketones (excluding diaryl/α,β-unsaturated/α-hetero) is 1. The smallest absolute Gasteiger partial charge is 0.277 e. The Kier molecular flexibility index (Phi) is 5.94. The van der Waals surface area contributed by atoms with Crippen molar-refractivity contribution < 1.29 is 14.0 Å². The quantitative estimate of drug-likeness (QED) is 0.482. The Morgan fingerprint density at radius 1 is 1.04 bits per heavy atom. The molecular weight excluding hydrogens is 374 g/mol. The van der Waals surface area contributed by atoms with Gasteiger partial charge in [0.1, 0.15) is 0 Å². The van der Waals surface area contributed by atoms with Crippen molar-refractivity contribution in [2.24, 2.45) is 0 Å². The molecule has 0 saturated carbocycles. The summed E-state index contributed by atoms with van der Waals surface area (Å²) in [7, 11) is 0. The lowest BCUT2D eigenvalue weighted by molar-refractivity contribution is -0.115. The number of aromatic nitrogens is 2. The number of anilines is 1. The number of carbonyl (C=O) groups is 2. The first kappa shape index (κ1) is 19.8. The van der Waals surface area contributed by atoms with Crippen molar-refractivity contribution in [3.8, 4) is 11.5 Å². The molecule has 28 heavy (non-hydrogen) atoms. The average molecular weight is 395 g/mol. The largest absolute Gasteiger partial charge is 0.411 e. The highest BCUT2D eigenvalue weighted by atomic mass is 32.2. The number of carbonyl (C=O) groups excluding carboxylic acids is 2. The SMILES string of the molecule is CC(=O)c1ccc(NC(=O)[C@@H](C)Sc2nnc(-c3cc(C)cc(C)c3)o2)cc1. The summed E-state index contributed by atoms with van der Waals surface area (Å²) in [5.74, 6) is 0.228. The topological polar surface area (TPSA) is 85.1 Å². The van der Waals surface area contributed by atoms with E-state index in [1.165, 1.54) is 18.7 Å². The molecular formula is C21H21N3O3S. The third-order valence-corrected chi connectivity index (χ3v) is 5.02. The highest BCUT2D eigenvalue weighted by molar-refractivity contribution is 8.00. The fourth-order valence-electron chi connectivity index (χ4n) is 2.71. The Balaban J connectivity index is 1.64. The van der Waals surface area contributed by atoms with E-state index in [0.29, 0.717) is 22.4 Å². The minimum Gasteiger partial charge on any atom is -0.411 e. The molecule has 1 atom stereocenters. The zero-order valence-electron chi connectivity index (χ0n) is 16.1. The van der Waals surface area contributed by atoms with E-state index < -0.39 is 5.25 Å². The normalized spacial score (nSPS) is 11.9. The van der Waals surface area contributed by atoms with Crippen LogP contribution in [0.5, 0.6) is 0 Å². The summed E-state index contributed by atoms with van der Waals surface area (Å²) in [6, 6.07) is 12.8. The molecule has 1 N–H and O–H groups in total. The van der Waals surface area contributed by atoms with Crippen molar-refractivity contribution >= 4 is 29.1 Å². The van der Waals surface area contributed by atoms with Gasteiger partial charge in [-0.2, -0.15) is 0 Å². The van der Waals surface area contributed by atoms with Crippen LogP contribution in [0.15, 0.2) is 52.1 Å². The van der Waals surface area contributed by atoms with E-state index in [1.807, 2.05) is 26.0 Å². The number of nitrogens with one attached hydrogen (secondary N) is 1. The van der Waals surface area contributed by atoms with E-state index in [9.17, 15) is 9.59 Å². The summed E-state index contributed by atoms with van der Waals surface area (Å²) in [6.45, 7) is 7.30. The second kappa shape index (κ2) is 8.39. The van der Waals surface area contributed by atoms with Gasteiger partial charge in [0.25, 0.3) is 5.22 Å². The van der Waals surface area contributed by atoms with Crippen LogP contribution < -0.4 is 5.32 Å². The van der Waals surface area contributed by atoms with Crippen LogP contribution >= 0.6 is 11.8 Å². The predicted octanol–water partition coefficient (Wildman–Crippen LogP) is 4.68. The number of thioether (sulfide) groups is 1. The van der Waals surface area contributed by atoms with Gasteiger partial charge < -0.3 is 9.73 Å². The van der Waals surface area contributed by atoms with Gasteiger partial charge in [-0.3, -0.25) is 9.59 Å². The number of amides is 1. The summed E-state index contributed by atoms with van der Waals surface area (Å²) in [5, 5.41) is 10.9. The number of rotatable bonds is 6. The second-order valence-electron chi connectivity index (χ2n) is 6.63. The maximum absolute atomic E-state index is 12.4. The summed E-state index contributed by atoms with van der Waals surface area (Å²) < 4.78 is 5.72. The molecule has 2 aromatic carbocycles. The van der Waals surface area contributed by atoms with Crippen LogP contribution in [0.3, 0.4) is 0 Å². The monoisotopic (exact) mass is 395 g/mol. The molecule has 0 aliphatic rings. The Morgan fingerprint density at radius 3 is 2.29 bits per heavy atom. The van der Waals surface area contributed by atoms with Crippen molar-refractivity contribution in [2.45, 2.75) is 38.2 Å². The molecule has 0 unspecified atom stereocenters. The highest BCUT2D eigenvalue weighted by Gasteiger charge is 2.19. The van der Waals surface area contributed by atoms with Gasteiger partial charge in [0.05, 0.1) is 5.25 Å². The van der Waals surface area contributed by atoms with Crippen LogP contribution in [0.1, 0.15) is 35.3 Å². The van der Waals surface area contributed by atoms with E-state index in [4.69, 9.17) is 4.42 Å². The standard InChI is InChI=1S/C21H21N3O3S/c1-12-9-13(2)11-17(10-12)20-23-24-21(27-20)28-15(4)19(26)22-18-7-5-16(6-8-18)14(3)25/h5-11,15H,1-4H3,(H,22,26)/t15-/m1/s1. The Bertz CT molecular complexity index is 992. The molecule has 0 aliphatic heterocycles. The minimum atomic E-state index is -0.431. The summed E-state index contributed by atoms with van der Waals surface area (Å²) >= 11 is 1.20. The first-order chi connectivity index (χ1) is 13.3. The summed E-state index contributed by atoms with van der Waals surface area (Å²) in [5.41, 5.74) is 4.32. The molecule has 0 spiro atoms. The first-order valence-corrected chi connectivity index (χ1v) is 9.70. The van der Waals surface area contributed by atoms with Gasteiger partial charge in [-0.25, -0.2) is 0 Å². The third-order valence-electron chi connectivity index (χ3n) is 4.08. The van der Waals surface area contributed by atoms with Gasteiger partial charge in [0, 0.05) is 16.8 Å². The molecule has 1 aromatic heterocycles. The Labute approximate surface area is 167 Å². The average Bonchev–Trinajstić information content (AvgIpc) is 3.10. The molecule has 3 rings (SSSR count). The van der Waals surface area contributed by atoms with Crippen LogP contribution in [-0.4, -0.2) is 27.1 Å². The minimum absolute atomic E-state index is 0.0159. The number of benzene rings is 2. The van der Waals surface area contributed by atoms with E-state index in [0.717, 1.165) is 16.7 Å². The van der Waals surface area contributed by atoms with Crippen LogP contribution in [0.4, 0.5) is 5.69 Å². The summed E-state index contributed by atoms with van der Waals surface area (Å²) in [4.78, 5) is 23.7. The van der Waals surface area contributed by atoms with Crippen LogP contribution in [-0.2, 0) is 4.79 Å². The number of aryl methyl sites for hydroxylation is 2. The highest BCUT2D eigenvalue weighted by Crippen LogP contribution is 2.27. The molecule has 0 fully saturated rings. The number of hydrogen-bond acceptors (Lipinski definition) is 6. The van der Waals surface area contributed by atoms with Crippen molar-refractivity contribution in [3.63, 3.8) is 0 Å². The fraction of sp³-hybridized carbons (Fsp3) is 0.238. The lowest BCUT2D eigenvalue weighted by Crippen LogP contribution is -2.22. The van der Waals surface area contributed by atoms with Crippen molar-refractivity contribution in [1.82, 2.24) is 10.2 Å². The van der Waals surface area contributed by atoms with E-state index in [-0.39, 0.29) is 11.7 Å². The lowest BCUT2D eigenvalue weighted by atomic mass is 10.1. The van der Waals surface area contributed by atoms with Gasteiger partial charge in [0.15, 0.2) is 5.78 Å². The number of ketones is 1. The number of nitrogens with zero attached hydrogens (tertiary/aromatic N) is 2. The lowest BCUT2D eigenvalue weighted by Gasteiger charge is -2.10. The zero-order valence-corrected chi connectivity index (χ0v) is 17.0. The van der Waals surface area contributed by atoms with E-state index in [2.05, 4.69) is 21.6 Å². The van der Waals surface area contributed by atoms with Gasteiger partial charge in [-0.15, -0.1) is 10.2 Å². The third kappa shape index (κ3) is 4.86. The van der Waals surface area contributed by atoms with Crippen molar-refractivity contribution in [1.29, 1.82) is 0 Å². The molecule has 144 valence electrons. The molecule has 0 radical (unpaired) electrons. The van der Waals surface area contributed by atoms with Crippen LogP contribution in [0.25, 0.3) is 11.5 Å². The molecule has 6 nitrogen and oxygen atoms in total. The fourth-order valence-corrected chi connectivity index (χ4v) is 3.39. The van der Waals surface area contributed by atoms with Gasteiger partial charge in [-0.05, 0) is 64.1 Å². The Hall–Kier alpha value is -2.93. The predicted molar refractivity (Wildman–Crippen MR) is 110 cm³/mol. The summed E-state index contributed by atoms with van der Waals surface area (Å²) in [6.07, 6.45) is 0. The zero-order chi connectivity index (χ0) is 20.3. The molecule has 0 bridgehead atoms. The van der Waals surface area contributed by atoms with Gasteiger partial charge >= 0.3 is 0 Å². The van der Waals surface area contributed by atoms with Crippen LogP contribution in [0.2, 0.25) is 0 Å². The molecule has 1 heterocycles. The molecule has 1 amide bonds. The van der Waals surface area contributed by atoms with Gasteiger partial charge in [-0.1, -0.05) is 29.0 Å². The van der Waals surface area contributed by atoms with Crippen molar-refractivity contribution in [3.05, 3.63) is 59.2 Å². The maximum atomic E-state index is 12.4. The maximum Gasteiger partial charge on any atom is 0.277 e.